The first-order chi connectivity index (χ1) is 13.3. The third-order valence-electron chi connectivity index (χ3n) is 3.65. The van der Waals surface area contributed by atoms with E-state index in [9.17, 15) is 20.1 Å². The van der Waals surface area contributed by atoms with Crippen LogP contribution in [-0.2, 0) is 4.79 Å². The minimum atomic E-state index is -0.410. The Balaban J connectivity index is 2.09. The molecule has 0 amide bonds. The van der Waals surface area contributed by atoms with Crippen LogP contribution in [0, 0.1) is 3.57 Å². The van der Waals surface area contributed by atoms with E-state index in [0.717, 1.165) is 6.08 Å². The van der Waals surface area contributed by atoms with Crippen LogP contribution in [-0.4, -0.2) is 35.3 Å². The van der Waals surface area contributed by atoms with Gasteiger partial charge in [-0.3, -0.25) is 4.79 Å². The molecule has 0 heterocycles. The smallest absolute Gasteiger partial charge is 0.182 e. The van der Waals surface area contributed by atoms with Crippen molar-refractivity contribution in [3.8, 4) is 23.0 Å². The van der Waals surface area contributed by atoms with E-state index in [1.165, 1.54) is 32.4 Å². The lowest BCUT2D eigenvalue weighted by molar-refractivity contribution is -0.110. The van der Waals surface area contributed by atoms with Crippen molar-refractivity contribution in [2.24, 2.45) is 0 Å². The summed E-state index contributed by atoms with van der Waals surface area (Å²) < 4.78 is 10.7. The minimum absolute atomic E-state index is 0.00850. The summed E-state index contributed by atoms with van der Waals surface area (Å²) in [5.74, 6) is 0.0423. The standard InChI is InChI=1S/C21H19IO6/c1-27-19-10-13(5-8-18(19)25)3-6-15(23)12-16(24)7-4-14-9-17(22)21(26)20(11-14)28-2/h3-12,24-26H,1-2H3/b6-3+,7-4+,16-12-/i22-4. The van der Waals surface area contributed by atoms with Gasteiger partial charge in [-0.1, -0.05) is 18.2 Å². The molecule has 2 rings (SSSR count). The van der Waals surface area contributed by atoms with Gasteiger partial charge in [-0.25, -0.2) is 0 Å². The second kappa shape index (κ2) is 9.84. The van der Waals surface area contributed by atoms with Crippen molar-refractivity contribution in [1.82, 2.24) is 0 Å². The third kappa shape index (κ3) is 5.78. The molecule has 0 aliphatic rings. The molecule has 0 atom stereocenters. The zero-order valence-electron chi connectivity index (χ0n) is 15.2. The Kier molecular flexibility index (Phi) is 7.51. The van der Waals surface area contributed by atoms with Crippen LogP contribution in [0.15, 0.2) is 54.3 Å². The number of methoxy groups -OCH3 is 2. The molecule has 0 saturated carbocycles. The summed E-state index contributed by atoms with van der Waals surface area (Å²) in [6.45, 7) is 0. The van der Waals surface area contributed by atoms with E-state index in [4.69, 9.17) is 9.47 Å². The first kappa shape index (κ1) is 21.4. The summed E-state index contributed by atoms with van der Waals surface area (Å²) in [5, 5.41) is 29.3. The Bertz CT molecular complexity index is 960. The Morgan fingerprint density at radius 2 is 1.61 bits per heavy atom. The second-order valence-corrected chi connectivity index (χ2v) is 6.79. The van der Waals surface area contributed by atoms with Crippen molar-refractivity contribution in [3.05, 3.63) is 69.0 Å². The van der Waals surface area contributed by atoms with E-state index < -0.39 is 5.78 Å². The average molecular weight is 490 g/mol. The molecule has 0 radical (unpaired) electrons. The highest BCUT2D eigenvalue weighted by Gasteiger charge is 2.07. The first-order valence-corrected chi connectivity index (χ1v) is 9.16. The number of halogens is 1. The number of hydrogen-bond acceptors (Lipinski definition) is 6. The Morgan fingerprint density at radius 1 is 0.964 bits per heavy atom. The van der Waals surface area contributed by atoms with Crippen molar-refractivity contribution >= 4 is 40.5 Å². The summed E-state index contributed by atoms with van der Waals surface area (Å²) in [6.07, 6.45) is 6.88. The quantitative estimate of drug-likeness (QED) is 0.230. The maximum absolute atomic E-state index is 12.0. The summed E-state index contributed by atoms with van der Waals surface area (Å²) in [4.78, 5) is 12.0. The summed E-state index contributed by atoms with van der Waals surface area (Å²) in [7, 11) is 2.89. The first-order valence-electron chi connectivity index (χ1n) is 8.08. The van der Waals surface area contributed by atoms with Crippen molar-refractivity contribution in [3.63, 3.8) is 0 Å². The molecule has 6 nitrogen and oxygen atoms in total. The average Bonchev–Trinajstić information content (AvgIpc) is 2.68. The van der Waals surface area contributed by atoms with Crippen LogP contribution in [0.4, 0.5) is 0 Å². The summed E-state index contributed by atoms with van der Waals surface area (Å²) in [5.41, 5.74) is 1.36. The SMILES string of the molecule is COc1cc(/C=C/C(=O)/C=C(O)/C=C/c2cc([123I])c(O)c(OC)c2)ccc1O. The number of carbonyl (C=O) groups excluding carboxylic acids is 1. The van der Waals surface area contributed by atoms with Crippen LogP contribution in [0.3, 0.4) is 0 Å². The van der Waals surface area contributed by atoms with E-state index in [1.807, 2.05) is 22.6 Å². The normalized spacial score (nSPS) is 11.9. The van der Waals surface area contributed by atoms with Crippen LogP contribution >= 0.6 is 22.6 Å². The topological polar surface area (TPSA) is 96.2 Å². The van der Waals surface area contributed by atoms with Crippen molar-refractivity contribution in [2.75, 3.05) is 14.2 Å². The summed E-state index contributed by atoms with van der Waals surface area (Å²) >= 11 is 1.97. The Labute approximate surface area is 176 Å². The predicted octanol–water partition coefficient (Wildman–Crippen LogP) is 4.46. The number of hydrogen-bond donors (Lipinski definition) is 3. The molecule has 0 aliphatic heterocycles. The number of aliphatic hydroxyl groups excluding tert-OH is 1. The lowest BCUT2D eigenvalue weighted by Gasteiger charge is -2.06. The fraction of sp³-hybridized carbons (Fsp3) is 0.0952. The zero-order chi connectivity index (χ0) is 20.7. The van der Waals surface area contributed by atoms with Crippen molar-refractivity contribution in [1.29, 1.82) is 0 Å². The number of ether oxygens (including phenoxy) is 2. The fourth-order valence-electron chi connectivity index (χ4n) is 2.25. The highest BCUT2D eigenvalue weighted by atomic mass is 123. The highest BCUT2D eigenvalue weighted by Crippen LogP contribution is 2.32. The van der Waals surface area contributed by atoms with Gasteiger partial charge in [-0.05, 0) is 70.1 Å². The molecule has 0 aromatic heterocycles. The molecule has 0 aliphatic carbocycles. The molecule has 2 aromatic carbocycles. The molecule has 3 N–H and O–H groups in total. The molecule has 146 valence electrons. The number of aliphatic hydroxyl groups is 1. The number of aromatic hydroxyl groups is 2. The van der Waals surface area contributed by atoms with E-state index in [0.29, 0.717) is 26.2 Å². The van der Waals surface area contributed by atoms with E-state index in [1.54, 1.807) is 36.4 Å². The number of rotatable bonds is 7. The number of carbonyl (C=O) groups is 1. The number of phenols is 2. The minimum Gasteiger partial charge on any atom is -0.508 e. The van der Waals surface area contributed by atoms with Gasteiger partial charge >= 0.3 is 0 Å². The van der Waals surface area contributed by atoms with Crippen LogP contribution in [0.1, 0.15) is 11.1 Å². The number of allylic oxidation sites excluding steroid dienone is 3. The number of ketones is 1. The van der Waals surface area contributed by atoms with Gasteiger partial charge in [0, 0.05) is 6.08 Å². The monoisotopic (exact) mass is 490 g/mol. The van der Waals surface area contributed by atoms with Gasteiger partial charge in [-0.2, -0.15) is 0 Å². The van der Waals surface area contributed by atoms with Gasteiger partial charge in [0.15, 0.2) is 28.8 Å². The molecule has 7 heteroatoms. The van der Waals surface area contributed by atoms with E-state index in [2.05, 4.69) is 0 Å². The fourth-order valence-corrected chi connectivity index (χ4v) is 2.87. The largest absolute Gasteiger partial charge is 0.508 e. The van der Waals surface area contributed by atoms with Gasteiger partial charge in [0.05, 0.1) is 17.8 Å². The lowest BCUT2D eigenvalue weighted by atomic mass is 10.1. The van der Waals surface area contributed by atoms with Crippen LogP contribution < -0.4 is 9.47 Å². The van der Waals surface area contributed by atoms with Crippen molar-refractivity contribution < 1.29 is 29.6 Å². The molecule has 28 heavy (non-hydrogen) atoms. The molecule has 0 spiro atoms. The summed E-state index contributed by atoms with van der Waals surface area (Å²) in [6, 6.07) is 8.00. The molecule has 0 saturated heterocycles. The molecule has 0 fully saturated rings. The molecular formula is C21H19IO6. The molecule has 0 bridgehead atoms. The number of benzene rings is 2. The Morgan fingerprint density at radius 3 is 2.29 bits per heavy atom. The number of phenolic OH excluding ortho intramolecular Hbond substituents is 2. The van der Waals surface area contributed by atoms with Gasteiger partial charge in [0.1, 0.15) is 5.76 Å². The molecular weight excluding hydrogens is 471 g/mol. The van der Waals surface area contributed by atoms with Gasteiger partial charge in [0.25, 0.3) is 0 Å². The van der Waals surface area contributed by atoms with Gasteiger partial charge in [0.2, 0.25) is 0 Å². The third-order valence-corrected chi connectivity index (χ3v) is 4.47. The predicted molar refractivity (Wildman–Crippen MR) is 116 cm³/mol. The van der Waals surface area contributed by atoms with Crippen molar-refractivity contribution in [2.45, 2.75) is 0 Å². The maximum Gasteiger partial charge on any atom is 0.182 e. The van der Waals surface area contributed by atoms with Gasteiger partial charge < -0.3 is 24.8 Å². The zero-order valence-corrected chi connectivity index (χ0v) is 17.4. The van der Waals surface area contributed by atoms with Crippen LogP contribution in [0.2, 0.25) is 0 Å². The van der Waals surface area contributed by atoms with E-state index in [-0.39, 0.29) is 17.3 Å². The second-order valence-electron chi connectivity index (χ2n) is 5.62. The lowest BCUT2D eigenvalue weighted by Crippen LogP contribution is -1.90. The highest BCUT2D eigenvalue weighted by molar-refractivity contribution is 14.1. The van der Waals surface area contributed by atoms with E-state index >= 15 is 0 Å². The molecule has 0 unspecified atom stereocenters. The van der Waals surface area contributed by atoms with Gasteiger partial charge in [-0.15, -0.1) is 0 Å². The van der Waals surface area contributed by atoms with Crippen LogP contribution in [0.5, 0.6) is 23.0 Å². The maximum atomic E-state index is 12.0. The molecule has 2 aromatic rings. The Hall–Kier alpha value is -2.94. The van der Waals surface area contributed by atoms with Crippen LogP contribution in [0.25, 0.3) is 12.2 Å².